The molecule has 0 spiro atoms. The van der Waals surface area contributed by atoms with Gasteiger partial charge in [0.05, 0.1) is 43.2 Å². The zero-order valence-corrected chi connectivity index (χ0v) is 19.3. The Hall–Kier alpha value is -3.80. The lowest BCUT2D eigenvalue weighted by atomic mass is 9.83. The minimum atomic E-state index is -0.388. The molecular formula is C26H27N5O3. The molecule has 2 aliphatic heterocycles. The second-order valence-corrected chi connectivity index (χ2v) is 8.44. The molecule has 8 nitrogen and oxygen atoms in total. The summed E-state index contributed by atoms with van der Waals surface area (Å²) in [5, 5.41) is 14.8. The van der Waals surface area contributed by atoms with E-state index in [0.717, 1.165) is 66.7 Å². The number of rotatable bonds is 5. The maximum absolute atomic E-state index is 10.0. The molecule has 0 radical (unpaired) electrons. The summed E-state index contributed by atoms with van der Waals surface area (Å²) in [6.07, 6.45) is 0. The van der Waals surface area contributed by atoms with Gasteiger partial charge in [-0.05, 0) is 36.8 Å². The molecule has 0 saturated carbocycles. The van der Waals surface area contributed by atoms with Gasteiger partial charge in [-0.25, -0.2) is 4.68 Å². The predicted molar refractivity (Wildman–Crippen MR) is 127 cm³/mol. The van der Waals surface area contributed by atoms with Gasteiger partial charge in [0.25, 0.3) is 0 Å². The molecule has 0 amide bonds. The van der Waals surface area contributed by atoms with E-state index < -0.39 is 0 Å². The number of allylic oxidation sites excluding steroid dienone is 1. The molecular weight excluding hydrogens is 430 g/mol. The van der Waals surface area contributed by atoms with E-state index in [1.807, 2.05) is 49.4 Å². The topological polar surface area (TPSA) is 98.6 Å². The van der Waals surface area contributed by atoms with Crippen molar-refractivity contribution in [1.29, 1.82) is 5.26 Å². The number of nitrogens with zero attached hydrogens (tertiary/aromatic N) is 4. The first-order chi connectivity index (χ1) is 16.6. The summed E-state index contributed by atoms with van der Waals surface area (Å²) < 4.78 is 18.9. The van der Waals surface area contributed by atoms with Crippen LogP contribution in [0.2, 0.25) is 0 Å². The Labute approximate surface area is 198 Å². The second-order valence-electron chi connectivity index (χ2n) is 8.44. The first kappa shape index (κ1) is 22.0. The average molecular weight is 458 g/mol. The van der Waals surface area contributed by atoms with Gasteiger partial charge >= 0.3 is 0 Å². The largest absolute Gasteiger partial charge is 0.496 e. The molecule has 34 heavy (non-hydrogen) atoms. The van der Waals surface area contributed by atoms with Crippen LogP contribution in [0.25, 0.3) is 5.69 Å². The SMILES string of the molecule is COc1ccc(C2C(C#N)=C(N)Oc3c2c(C)nn3-c2ccccc2)cc1CN1CCOCC1. The number of morpholine rings is 1. The van der Waals surface area contributed by atoms with Crippen LogP contribution in [0.15, 0.2) is 60.0 Å². The lowest BCUT2D eigenvalue weighted by Crippen LogP contribution is -2.35. The van der Waals surface area contributed by atoms with Crippen LogP contribution in [0.1, 0.15) is 28.3 Å². The number of methoxy groups -OCH3 is 1. The van der Waals surface area contributed by atoms with Crippen molar-refractivity contribution >= 4 is 0 Å². The second kappa shape index (κ2) is 9.21. The van der Waals surface area contributed by atoms with E-state index in [0.29, 0.717) is 11.5 Å². The van der Waals surface area contributed by atoms with Gasteiger partial charge in [0.2, 0.25) is 11.8 Å². The van der Waals surface area contributed by atoms with E-state index >= 15 is 0 Å². The Morgan fingerprint density at radius 2 is 1.94 bits per heavy atom. The van der Waals surface area contributed by atoms with Gasteiger partial charge in [-0.15, -0.1) is 0 Å². The van der Waals surface area contributed by atoms with Gasteiger partial charge in [0.15, 0.2) is 0 Å². The van der Waals surface area contributed by atoms with E-state index in [4.69, 9.17) is 25.0 Å². The van der Waals surface area contributed by atoms with Gasteiger partial charge < -0.3 is 19.9 Å². The Balaban J connectivity index is 1.62. The summed E-state index contributed by atoms with van der Waals surface area (Å²) in [6.45, 7) is 5.85. The van der Waals surface area contributed by atoms with Crippen molar-refractivity contribution in [3.8, 4) is 23.4 Å². The van der Waals surface area contributed by atoms with Crippen LogP contribution in [0.4, 0.5) is 0 Å². The lowest BCUT2D eigenvalue weighted by Gasteiger charge is -2.28. The van der Waals surface area contributed by atoms with Crippen LogP contribution in [0.3, 0.4) is 0 Å². The molecule has 1 atom stereocenters. The fourth-order valence-electron chi connectivity index (χ4n) is 4.69. The van der Waals surface area contributed by atoms with Crippen molar-refractivity contribution in [2.45, 2.75) is 19.4 Å². The summed E-state index contributed by atoms with van der Waals surface area (Å²) in [5.41, 5.74) is 11.2. The maximum Gasteiger partial charge on any atom is 0.229 e. The zero-order valence-electron chi connectivity index (χ0n) is 19.3. The predicted octanol–water partition coefficient (Wildman–Crippen LogP) is 3.24. The van der Waals surface area contributed by atoms with Crippen LogP contribution in [0, 0.1) is 18.3 Å². The number of benzene rings is 2. The molecule has 1 aromatic heterocycles. The highest BCUT2D eigenvalue weighted by Gasteiger charge is 2.36. The molecule has 174 valence electrons. The summed E-state index contributed by atoms with van der Waals surface area (Å²) in [6, 6.07) is 18.1. The number of fused-ring (bicyclic) bond motifs is 1. The van der Waals surface area contributed by atoms with E-state index in [1.165, 1.54) is 0 Å². The van der Waals surface area contributed by atoms with Crippen LogP contribution >= 0.6 is 0 Å². The van der Waals surface area contributed by atoms with Gasteiger partial charge in [-0.1, -0.05) is 24.3 Å². The number of nitriles is 1. The minimum Gasteiger partial charge on any atom is -0.496 e. The van der Waals surface area contributed by atoms with Gasteiger partial charge in [0, 0.05) is 25.2 Å². The molecule has 0 aliphatic carbocycles. The van der Waals surface area contributed by atoms with E-state index in [-0.39, 0.29) is 11.8 Å². The third kappa shape index (κ3) is 3.89. The Bertz CT molecular complexity index is 1270. The number of aromatic nitrogens is 2. The molecule has 3 heterocycles. The lowest BCUT2D eigenvalue weighted by molar-refractivity contribution is 0.0339. The molecule has 1 fully saturated rings. The third-order valence-corrected chi connectivity index (χ3v) is 6.37. The van der Waals surface area contributed by atoms with Crippen LogP contribution in [0.5, 0.6) is 11.6 Å². The summed E-state index contributed by atoms with van der Waals surface area (Å²) in [7, 11) is 1.68. The first-order valence-corrected chi connectivity index (χ1v) is 11.3. The highest BCUT2D eigenvalue weighted by molar-refractivity contribution is 5.58. The van der Waals surface area contributed by atoms with Crippen molar-refractivity contribution in [2.75, 3.05) is 33.4 Å². The number of aryl methyl sites for hydroxylation is 1. The van der Waals surface area contributed by atoms with Crippen molar-refractivity contribution in [2.24, 2.45) is 5.73 Å². The van der Waals surface area contributed by atoms with E-state index in [2.05, 4.69) is 17.0 Å². The summed E-state index contributed by atoms with van der Waals surface area (Å²) in [5.74, 6) is 1.06. The number of hydrogen-bond donors (Lipinski definition) is 1. The molecule has 2 aliphatic rings. The minimum absolute atomic E-state index is 0.0997. The average Bonchev–Trinajstić information content (AvgIpc) is 3.20. The van der Waals surface area contributed by atoms with Crippen molar-refractivity contribution in [3.05, 3.63) is 82.4 Å². The smallest absolute Gasteiger partial charge is 0.229 e. The molecule has 0 bridgehead atoms. The molecule has 2 aromatic carbocycles. The van der Waals surface area contributed by atoms with Crippen molar-refractivity contribution in [3.63, 3.8) is 0 Å². The van der Waals surface area contributed by atoms with Gasteiger partial charge in [-0.3, -0.25) is 4.90 Å². The normalized spacial score (nSPS) is 18.2. The third-order valence-electron chi connectivity index (χ3n) is 6.37. The Morgan fingerprint density at radius 3 is 2.65 bits per heavy atom. The molecule has 5 rings (SSSR count). The fourth-order valence-corrected chi connectivity index (χ4v) is 4.69. The summed E-state index contributed by atoms with van der Waals surface area (Å²) in [4.78, 5) is 2.34. The molecule has 3 aromatic rings. The molecule has 1 unspecified atom stereocenters. The van der Waals surface area contributed by atoms with Gasteiger partial charge in [-0.2, -0.15) is 10.4 Å². The van der Waals surface area contributed by atoms with Crippen LogP contribution in [-0.2, 0) is 11.3 Å². The highest BCUT2D eigenvalue weighted by atomic mass is 16.5. The molecule has 2 N–H and O–H groups in total. The van der Waals surface area contributed by atoms with Crippen LogP contribution in [-0.4, -0.2) is 48.1 Å². The number of para-hydroxylation sites is 1. The van der Waals surface area contributed by atoms with Crippen molar-refractivity contribution in [1.82, 2.24) is 14.7 Å². The van der Waals surface area contributed by atoms with Gasteiger partial charge in [0.1, 0.15) is 17.4 Å². The quantitative estimate of drug-likeness (QED) is 0.628. The Kier molecular flexibility index (Phi) is 5.97. The Morgan fingerprint density at radius 1 is 1.18 bits per heavy atom. The zero-order chi connectivity index (χ0) is 23.7. The number of ether oxygens (including phenoxy) is 3. The first-order valence-electron chi connectivity index (χ1n) is 11.3. The summed E-state index contributed by atoms with van der Waals surface area (Å²) >= 11 is 0. The number of nitrogens with two attached hydrogens (primary N) is 1. The maximum atomic E-state index is 10.0. The van der Waals surface area contributed by atoms with E-state index in [9.17, 15) is 5.26 Å². The molecule has 1 saturated heterocycles. The highest BCUT2D eigenvalue weighted by Crippen LogP contribution is 2.45. The monoisotopic (exact) mass is 457 g/mol. The molecule has 8 heteroatoms. The fraction of sp³-hybridized carbons (Fsp3) is 0.308. The van der Waals surface area contributed by atoms with E-state index in [1.54, 1.807) is 11.8 Å². The standard InChI is InChI=1S/C26H27N5O3/c1-17-23-24(18-8-9-22(32-2)19(14-18)16-30-10-12-33-13-11-30)21(15-27)25(28)34-26(23)31(29-17)20-6-4-3-5-7-20/h3-9,14,24H,10-13,16,28H2,1-2H3. The van der Waals surface area contributed by atoms with Crippen molar-refractivity contribution < 1.29 is 14.2 Å². The number of hydrogen-bond acceptors (Lipinski definition) is 7. The van der Waals surface area contributed by atoms with Crippen LogP contribution < -0.4 is 15.2 Å².